The first-order valence-corrected chi connectivity index (χ1v) is 8.79. The van der Waals surface area contributed by atoms with Gasteiger partial charge >= 0.3 is 0 Å². The Balaban J connectivity index is 1.95. The molecule has 2 aromatic carbocycles. The van der Waals surface area contributed by atoms with Gasteiger partial charge in [-0.3, -0.25) is 4.79 Å². The molecule has 2 aromatic rings. The Hall–Kier alpha value is -2.73. The van der Waals surface area contributed by atoms with Gasteiger partial charge in [0.15, 0.2) is 18.1 Å². The van der Waals surface area contributed by atoms with E-state index in [2.05, 4.69) is 24.3 Å². The molecule has 144 valence electrons. The molecule has 6 nitrogen and oxygen atoms in total. The van der Waals surface area contributed by atoms with Crippen LogP contribution in [0.15, 0.2) is 41.6 Å². The summed E-state index contributed by atoms with van der Waals surface area (Å²) in [5.74, 6) is 0.941. The third-order valence-electron chi connectivity index (χ3n) is 3.78. The van der Waals surface area contributed by atoms with E-state index in [4.69, 9.17) is 25.9 Å². The Morgan fingerprint density at radius 2 is 1.96 bits per heavy atom. The smallest absolute Gasteiger partial charge is 0.265 e. The number of carbonyl (C=O) groups is 1. The molecule has 0 aliphatic carbocycles. The molecule has 27 heavy (non-hydrogen) atoms. The van der Waals surface area contributed by atoms with Crippen molar-refractivity contribution in [3.05, 3.63) is 52.5 Å². The lowest BCUT2D eigenvalue weighted by molar-refractivity contribution is -0.120. The first kappa shape index (κ1) is 20.6. The lowest BCUT2D eigenvalue weighted by Gasteiger charge is -2.13. The molecule has 1 amide bonds. The third kappa shape index (κ3) is 5.62. The zero-order valence-corrected chi connectivity index (χ0v) is 16.5. The Labute approximate surface area is 164 Å². The van der Waals surface area contributed by atoms with Crippen molar-refractivity contribution in [3.8, 4) is 11.5 Å². The van der Waals surface area contributed by atoms with E-state index < -0.39 is 0 Å². The summed E-state index contributed by atoms with van der Waals surface area (Å²) in [6.45, 7) is 3.93. The molecule has 2 rings (SSSR count). The van der Waals surface area contributed by atoms with Gasteiger partial charge in [0.1, 0.15) is 0 Å². The van der Waals surface area contributed by atoms with Gasteiger partial charge in [-0.15, -0.1) is 0 Å². The highest BCUT2D eigenvalue weighted by Crippen LogP contribution is 2.35. The maximum atomic E-state index is 12.1. The van der Waals surface area contributed by atoms with Gasteiger partial charge in [0.25, 0.3) is 5.91 Å². The second kappa shape index (κ2) is 9.83. The van der Waals surface area contributed by atoms with Gasteiger partial charge in [0.2, 0.25) is 0 Å². The van der Waals surface area contributed by atoms with Gasteiger partial charge in [-0.1, -0.05) is 48.8 Å². The molecular weight excluding hydrogens is 368 g/mol. The number of oxime groups is 1. The van der Waals surface area contributed by atoms with E-state index >= 15 is 0 Å². The lowest BCUT2D eigenvalue weighted by Crippen LogP contribution is -2.18. The summed E-state index contributed by atoms with van der Waals surface area (Å²) in [4.78, 5) is 17.2. The van der Waals surface area contributed by atoms with Gasteiger partial charge in [-0.05, 0) is 29.7 Å². The van der Waals surface area contributed by atoms with E-state index in [9.17, 15) is 4.79 Å². The van der Waals surface area contributed by atoms with Crippen molar-refractivity contribution in [3.63, 3.8) is 0 Å². The molecule has 0 aliphatic rings. The number of hydrogen-bond acceptors (Lipinski definition) is 5. The summed E-state index contributed by atoms with van der Waals surface area (Å²) < 4.78 is 10.4. The minimum atomic E-state index is -0.286. The van der Waals surface area contributed by atoms with Crippen molar-refractivity contribution in [2.24, 2.45) is 5.16 Å². The Morgan fingerprint density at radius 3 is 2.63 bits per heavy atom. The molecule has 0 unspecified atom stereocenters. The van der Waals surface area contributed by atoms with Gasteiger partial charge in [-0.25, -0.2) is 0 Å². The number of rotatable bonds is 8. The highest BCUT2D eigenvalue weighted by atomic mass is 35.5. The Bertz CT molecular complexity index is 822. The van der Waals surface area contributed by atoms with Gasteiger partial charge in [0.05, 0.1) is 25.5 Å². The van der Waals surface area contributed by atoms with Crippen LogP contribution in [0.3, 0.4) is 0 Å². The monoisotopic (exact) mass is 390 g/mol. The molecule has 0 saturated heterocycles. The van der Waals surface area contributed by atoms with E-state index in [-0.39, 0.29) is 12.5 Å². The zero-order chi connectivity index (χ0) is 19.8. The van der Waals surface area contributed by atoms with E-state index in [0.29, 0.717) is 28.0 Å². The molecule has 0 aromatic heterocycles. The predicted octanol–water partition coefficient (Wildman–Crippen LogP) is 4.47. The van der Waals surface area contributed by atoms with Crippen LogP contribution in [-0.4, -0.2) is 32.9 Å². The number of halogens is 1. The quantitative estimate of drug-likeness (QED) is 0.533. The number of carbonyl (C=O) groups excluding carboxylic acids is 1. The number of para-hydroxylation sites is 1. The largest absolute Gasteiger partial charge is 0.493 e. The third-order valence-corrected chi connectivity index (χ3v) is 4.07. The molecular formula is C20H23ClN2O4. The first-order chi connectivity index (χ1) is 13.0. The fraction of sp³-hybridized carbons (Fsp3) is 0.300. The average molecular weight is 391 g/mol. The molecule has 0 aliphatic heterocycles. The van der Waals surface area contributed by atoms with Crippen LogP contribution in [0.4, 0.5) is 5.69 Å². The molecule has 0 bridgehead atoms. The molecule has 1 N–H and O–H groups in total. The summed E-state index contributed by atoms with van der Waals surface area (Å²) in [5.41, 5.74) is 2.49. The normalized spacial score (nSPS) is 10.9. The van der Waals surface area contributed by atoms with Crippen LogP contribution in [0.1, 0.15) is 30.9 Å². The number of methoxy groups -OCH3 is 2. The number of nitrogens with one attached hydrogen (secondary N) is 1. The van der Waals surface area contributed by atoms with Crippen LogP contribution >= 0.6 is 11.6 Å². The van der Waals surface area contributed by atoms with Crippen LogP contribution in [0.2, 0.25) is 5.02 Å². The van der Waals surface area contributed by atoms with Crippen molar-refractivity contribution < 1.29 is 19.1 Å². The van der Waals surface area contributed by atoms with Crippen molar-refractivity contribution in [2.75, 3.05) is 26.1 Å². The van der Waals surface area contributed by atoms with Gasteiger partial charge in [-0.2, -0.15) is 0 Å². The summed E-state index contributed by atoms with van der Waals surface area (Å²) >= 11 is 6.14. The molecule has 0 radical (unpaired) electrons. The van der Waals surface area contributed by atoms with Crippen LogP contribution in [0.25, 0.3) is 0 Å². The number of anilines is 1. The average Bonchev–Trinajstić information content (AvgIpc) is 2.65. The number of benzene rings is 2. The van der Waals surface area contributed by atoms with Crippen LogP contribution in [0, 0.1) is 0 Å². The number of hydrogen-bond donors (Lipinski definition) is 1. The fourth-order valence-electron chi connectivity index (χ4n) is 2.51. The van der Waals surface area contributed by atoms with Crippen molar-refractivity contribution >= 4 is 29.4 Å². The first-order valence-electron chi connectivity index (χ1n) is 8.41. The molecule has 0 fully saturated rings. The Morgan fingerprint density at radius 1 is 1.22 bits per heavy atom. The maximum absolute atomic E-state index is 12.1. The summed E-state index contributed by atoms with van der Waals surface area (Å²) in [6.07, 6.45) is 1.45. The SMILES string of the molecule is COc1cc(/C=N\OCC(=O)Nc2ccccc2C(C)C)cc(Cl)c1OC. The molecule has 7 heteroatoms. The van der Waals surface area contributed by atoms with Crippen LogP contribution in [-0.2, 0) is 9.63 Å². The summed E-state index contributed by atoms with van der Waals surface area (Å²) in [5, 5.41) is 7.04. The molecule has 0 spiro atoms. The highest BCUT2D eigenvalue weighted by Gasteiger charge is 2.11. The topological polar surface area (TPSA) is 69.2 Å². The maximum Gasteiger partial charge on any atom is 0.265 e. The summed E-state index contributed by atoms with van der Waals surface area (Å²) in [6, 6.07) is 11.0. The second-order valence-electron chi connectivity index (χ2n) is 6.04. The zero-order valence-electron chi connectivity index (χ0n) is 15.8. The van der Waals surface area contributed by atoms with E-state index in [1.165, 1.54) is 20.4 Å². The Kier molecular flexibility index (Phi) is 7.49. The highest BCUT2D eigenvalue weighted by molar-refractivity contribution is 6.32. The molecule has 0 atom stereocenters. The van der Waals surface area contributed by atoms with Crippen LogP contribution in [0.5, 0.6) is 11.5 Å². The van der Waals surface area contributed by atoms with E-state index in [1.54, 1.807) is 12.1 Å². The fourth-order valence-corrected chi connectivity index (χ4v) is 2.80. The number of amides is 1. The van der Waals surface area contributed by atoms with Crippen molar-refractivity contribution in [1.82, 2.24) is 0 Å². The van der Waals surface area contributed by atoms with Crippen LogP contribution < -0.4 is 14.8 Å². The molecule has 0 heterocycles. The summed E-state index contributed by atoms with van der Waals surface area (Å²) in [7, 11) is 3.03. The lowest BCUT2D eigenvalue weighted by atomic mass is 10.0. The van der Waals surface area contributed by atoms with Crippen molar-refractivity contribution in [1.29, 1.82) is 0 Å². The van der Waals surface area contributed by atoms with E-state index in [1.807, 2.05) is 24.3 Å². The minimum Gasteiger partial charge on any atom is -0.493 e. The van der Waals surface area contributed by atoms with Gasteiger partial charge in [0, 0.05) is 11.3 Å². The second-order valence-corrected chi connectivity index (χ2v) is 6.44. The standard InChI is InChI=1S/C20H23ClN2O4/c1-13(2)15-7-5-6-8-17(15)23-19(24)12-27-22-11-14-9-16(21)20(26-4)18(10-14)25-3/h5-11,13H,12H2,1-4H3,(H,23,24)/b22-11-. The van der Waals surface area contributed by atoms with E-state index in [0.717, 1.165) is 11.3 Å². The number of ether oxygens (including phenoxy) is 2. The van der Waals surface area contributed by atoms with Crippen molar-refractivity contribution in [2.45, 2.75) is 19.8 Å². The minimum absolute atomic E-state index is 0.204. The molecule has 0 saturated carbocycles. The number of nitrogens with zero attached hydrogens (tertiary/aromatic N) is 1. The predicted molar refractivity (Wildman–Crippen MR) is 107 cm³/mol. The van der Waals surface area contributed by atoms with Gasteiger partial charge < -0.3 is 19.6 Å².